The Bertz CT molecular complexity index is 696. The fourth-order valence-electron chi connectivity index (χ4n) is 1.61. The number of imidazole rings is 1. The van der Waals surface area contributed by atoms with E-state index in [4.69, 9.17) is 4.52 Å². The van der Waals surface area contributed by atoms with E-state index in [2.05, 4.69) is 31.1 Å². The predicted molar refractivity (Wildman–Crippen MR) is 68.7 cm³/mol. The van der Waals surface area contributed by atoms with Gasteiger partial charge >= 0.3 is 0 Å². The number of aromatic nitrogens is 4. The minimum atomic E-state index is -0.328. The summed E-state index contributed by atoms with van der Waals surface area (Å²) in [5.41, 5.74) is 0.689. The van der Waals surface area contributed by atoms with Crippen LogP contribution in [0.4, 0.5) is 4.39 Å². The molecule has 2 heterocycles. The zero-order valence-corrected chi connectivity index (χ0v) is 11.2. The van der Waals surface area contributed by atoms with Gasteiger partial charge in [-0.1, -0.05) is 5.16 Å². The van der Waals surface area contributed by atoms with Crippen molar-refractivity contribution in [1.29, 1.82) is 0 Å². The van der Waals surface area contributed by atoms with Gasteiger partial charge < -0.3 is 9.09 Å². The summed E-state index contributed by atoms with van der Waals surface area (Å²) in [5.74, 6) is 0.565. The molecule has 19 heavy (non-hydrogen) atoms. The van der Waals surface area contributed by atoms with Crippen LogP contribution >= 0.6 is 15.9 Å². The third-order valence-electron chi connectivity index (χ3n) is 2.52. The van der Waals surface area contributed by atoms with Crippen molar-refractivity contribution in [2.45, 2.75) is 6.54 Å². The summed E-state index contributed by atoms with van der Waals surface area (Å²) in [4.78, 5) is 8.19. The molecule has 2 aromatic heterocycles. The van der Waals surface area contributed by atoms with E-state index in [9.17, 15) is 4.39 Å². The first-order chi connectivity index (χ1) is 9.22. The van der Waals surface area contributed by atoms with E-state index in [0.29, 0.717) is 28.3 Å². The standard InChI is InChI=1S/C12H8BrFN4O/c13-9-5-8(1-2-10(9)14)12-16-11(19-17-12)6-18-4-3-15-7-18/h1-5,7H,6H2. The van der Waals surface area contributed by atoms with E-state index < -0.39 is 0 Å². The van der Waals surface area contributed by atoms with Gasteiger partial charge in [-0.25, -0.2) is 9.37 Å². The van der Waals surface area contributed by atoms with Crippen molar-refractivity contribution in [2.24, 2.45) is 0 Å². The van der Waals surface area contributed by atoms with Crippen molar-refractivity contribution < 1.29 is 8.91 Å². The van der Waals surface area contributed by atoms with Crippen molar-refractivity contribution in [3.8, 4) is 11.4 Å². The average Bonchev–Trinajstić information content (AvgIpc) is 3.05. The summed E-state index contributed by atoms with van der Waals surface area (Å²) in [6.45, 7) is 0.454. The molecule has 0 spiro atoms. The van der Waals surface area contributed by atoms with Gasteiger partial charge in [0.2, 0.25) is 11.7 Å². The van der Waals surface area contributed by atoms with Crippen LogP contribution < -0.4 is 0 Å². The summed E-state index contributed by atoms with van der Waals surface area (Å²) in [6, 6.07) is 4.57. The first kappa shape index (κ1) is 12.0. The Balaban J connectivity index is 1.86. The minimum absolute atomic E-state index is 0.328. The van der Waals surface area contributed by atoms with Crippen LogP contribution in [0, 0.1) is 5.82 Å². The van der Waals surface area contributed by atoms with Gasteiger partial charge in [0.15, 0.2) is 0 Å². The number of nitrogens with zero attached hydrogens (tertiary/aromatic N) is 4. The van der Waals surface area contributed by atoms with E-state index in [0.717, 1.165) is 0 Å². The summed E-state index contributed by atoms with van der Waals surface area (Å²) < 4.78 is 20.5. The second kappa shape index (κ2) is 4.93. The Morgan fingerprint density at radius 1 is 1.37 bits per heavy atom. The van der Waals surface area contributed by atoms with E-state index >= 15 is 0 Å². The van der Waals surface area contributed by atoms with Gasteiger partial charge in [-0.05, 0) is 34.1 Å². The molecular formula is C12H8BrFN4O. The number of halogens is 2. The van der Waals surface area contributed by atoms with Crippen molar-refractivity contribution in [3.05, 3.63) is 53.1 Å². The van der Waals surface area contributed by atoms with Gasteiger partial charge in [0.25, 0.3) is 0 Å². The largest absolute Gasteiger partial charge is 0.337 e. The normalized spacial score (nSPS) is 10.8. The van der Waals surface area contributed by atoms with Crippen LogP contribution in [-0.4, -0.2) is 19.7 Å². The Labute approximate surface area is 116 Å². The van der Waals surface area contributed by atoms with E-state index in [1.807, 2.05) is 4.57 Å². The van der Waals surface area contributed by atoms with Gasteiger partial charge in [-0.2, -0.15) is 4.98 Å². The third kappa shape index (κ3) is 2.55. The van der Waals surface area contributed by atoms with Gasteiger partial charge in [0.05, 0.1) is 10.8 Å². The highest BCUT2D eigenvalue weighted by atomic mass is 79.9. The van der Waals surface area contributed by atoms with Gasteiger partial charge in [0.1, 0.15) is 12.4 Å². The van der Waals surface area contributed by atoms with E-state index in [-0.39, 0.29) is 5.82 Å². The molecule has 7 heteroatoms. The maximum Gasteiger partial charge on any atom is 0.246 e. The molecule has 0 radical (unpaired) electrons. The fraction of sp³-hybridized carbons (Fsp3) is 0.0833. The lowest BCUT2D eigenvalue weighted by Crippen LogP contribution is -1.96. The lowest BCUT2D eigenvalue weighted by molar-refractivity contribution is 0.371. The molecule has 3 aromatic rings. The number of benzene rings is 1. The lowest BCUT2D eigenvalue weighted by atomic mass is 10.2. The van der Waals surface area contributed by atoms with Crippen LogP contribution in [0.1, 0.15) is 5.89 Å². The highest BCUT2D eigenvalue weighted by Gasteiger charge is 2.10. The molecular weight excluding hydrogens is 315 g/mol. The maximum atomic E-state index is 13.2. The monoisotopic (exact) mass is 322 g/mol. The van der Waals surface area contributed by atoms with Crippen molar-refractivity contribution in [3.63, 3.8) is 0 Å². The second-order valence-electron chi connectivity index (χ2n) is 3.88. The Morgan fingerprint density at radius 2 is 2.26 bits per heavy atom. The summed E-state index contributed by atoms with van der Waals surface area (Å²) >= 11 is 3.13. The summed E-state index contributed by atoms with van der Waals surface area (Å²) in [5, 5.41) is 3.87. The van der Waals surface area contributed by atoms with Crippen molar-refractivity contribution in [1.82, 2.24) is 19.7 Å². The smallest absolute Gasteiger partial charge is 0.246 e. The Kier molecular flexibility index (Phi) is 3.12. The maximum absolute atomic E-state index is 13.2. The number of rotatable bonds is 3. The molecule has 0 aliphatic heterocycles. The molecule has 0 fully saturated rings. The third-order valence-corrected chi connectivity index (χ3v) is 3.13. The zero-order valence-electron chi connectivity index (χ0n) is 9.62. The zero-order chi connectivity index (χ0) is 13.2. The molecule has 1 aromatic carbocycles. The highest BCUT2D eigenvalue weighted by Crippen LogP contribution is 2.23. The summed E-state index contributed by atoms with van der Waals surface area (Å²) in [6.07, 6.45) is 5.14. The molecule has 0 saturated carbocycles. The summed E-state index contributed by atoms with van der Waals surface area (Å²) in [7, 11) is 0. The molecule has 0 N–H and O–H groups in total. The molecule has 0 aliphatic rings. The second-order valence-corrected chi connectivity index (χ2v) is 4.73. The predicted octanol–water partition coefficient (Wildman–Crippen LogP) is 2.88. The Hall–Kier alpha value is -2.02. The molecule has 0 amide bonds. The molecule has 0 bridgehead atoms. The van der Waals surface area contributed by atoms with Crippen LogP contribution in [-0.2, 0) is 6.54 Å². The average molecular weight is 323 g/mol. The minimum Gasteiger partial charge on any atom is -0.337 e. The first-order valence-corrected chi connectivity index (χ1v) is 6.25. The van der Waals surface area contributed by atoms with Gasteiger partial charge in [-0.15, -0.1) is 0 Å². The molecule has 3 rings (SSSR count). The fourth-order valence-corrected chi connectivity index (χ4v) is 1.99. The van der Waals surface area contributed by atoms with Gasteiger partial charge in [-0.3, -0.25) is 0 Å². The van der Waals surface area contributed by atoms with Gasteiger partial charge in [0, 0.05) is 18.0 Å². The van der Waals surface area contributed by atoms with Crippen LogP contribution in [0.5, 0.6) is 0 Å². The van der Waals surface area contributed by atoms with Crippen LogP contribution in [0.15, 0.2) is 45.9 Å². The number of hydrogen-bond acceptors (Lipinski definition) is 4. The topological polar surface area (TPSA) is 56.7 Å². The molecule has 96 valence electrons. The van der Waals surface area contributed by atoms with E-state index in [1.54, 1.807) is 30.9 Å². The Morgan fingerprint density at radius 3 is 3.00 bits per heavy atom. The quantitative estimate of drug-likeness (QED) is 0.744. The molecule has 0 aliphatic carbocycles. The lowest BCUT2D eigenvalue weighted by Gasteiger charge is -1.97. The molecule has 0 unspecified atom stereocenters. The van der Waals surface area contributed by atoms with Crippen LogP contribution in [0.3, 0.4) is 0 Å². The molecule has 5 nitrogen and oxygen atoms in total. The van der Waals surface area contributed by atoms with Crippen LogP contribution in [0.2, 0.25) is 0 Å². The van der Waals surface area contributed by atoms with Crippen molar-refractivity contribution >= 4 is 15.9 Å². The number of hydrogen-bond donors (Lipinski definition) is 0. The SMILES string of the molecule is Fc1ccc(-c2noc(Cn3ccnc3)n2)cc1Br. The van der Waals surface area contributed by atoms with E-state index in [1.165, 1.54) is 6.07 Å². The molecule has 0 saturated heterocycles. The van der Waals surface area contributed by atoms with Crippen LogP contribution in [0.25, 0.3) is 11.4 Å². The highest BCUT2D eigenvalue weighted by molar-refractivity contribution is 9.10. The first-order valence-electron chi connectivity index (χ1n) is 5.46. The van der Waals surface area contributed by atoms with Crippen molar-refractivity contribution in [2.75, 3.05) is 0 Å². The molecule has 0 atom stereocenters.